The minimum atomic E-state index is -0.469. The highest BCUT2D eigenvalue weighted by atomic mass is 19.1. The zero-order chi connectivity index (χ0) is 11.3. The number of benzene rings is 1. The first-order chi connectivity index (χ1) is 7.13. The topological polar surface area (TPSA) is 52.3 Å². The van der Waals surface area contributed by atoms with E-state index in [0.717, 1.165) is 0 Å². The van der Waals surface area contributed by atoms with E-state index in [1.54, 1.807) is 6.92 Å². The van der Waals surface area contributed by atoms with Crippen molar-refractivity contribution in [2.75, 3.05) is 12.3 Å². The number of nitrogen functional groups attached to an aromatic ring is 1. The van der Waals surface area contributed by atoms with Crippen LogP contribution in [-0.4, -0.2) is 12.6 Å². The van der Waals surface area contributed by atoms with Gasteiger partial charge in [-0.05, 0) is 30.7 Å². The largest absolute Gasteiger partial charge is 0.463 e. The lowest BCUT2D eigenvalue weighted by molar-refractivity contribution is -0.137. The summed E-state index contributed by atoms with van der Waals surface area (Å²) in [7, 11) is 0. The molecule has 15 heavy (non-hydrogen) atoms. The summed E-state index contributed by atoms with van der Waals surface area (Å²) in [6.07, 6.45) is 2.80. The van der Waals surface area contributed by atoms with Gasteiger partial charge in [-0.3, -0.25) is 0 Å². The summed E-state index contributed by atoms with van der Waals surface area (Å²) in [4.78, 5) is 11.0. The van der Waals surface area contributed by atoms with Gasteiger partial charge in [0.1, 0.15) is 5.82 Å². The molecule has 0 fully saturated rings. The van der Waals surface area contributed by atoms with Gasteiger partial charge in [0.2, 0.25) is 0 Å². The standard InChI is InChI=1S/C11H12FNO2/c1-2-15-11(14)6-4-8-3-5-9(12)10(13)7-8/h3-7H,2,13H2,1H3. The Labute approximate surface area is 87.3 Å². The molecule has 0 aliphatic rings. The van der Waals surface area contributed by atoms with Crippen LogP contribution in [0.1, 0.15) is 12.5 Å². The molecule has 0 spiro atoms. The Balaban J connectivity index is 2.72. The van der Waals surface area contributed by atoms with Crippen molar-refractivity contribution in [2.45, 2.75) is 6.92 Å². The number of hydrogen-bond acceptors (Lipinski definition) is 3. The Morgan fingerprint density at radius 2 is 2.33 bits per heavy atom. The first-order valence-electron chi connectivity index (χ1n) is 4.53. The first-order valence-corrected chi connectivity index (χ1v) is 4.53. The van der Waals surface area contributed by atoms with Crippen molar-refractivity contribution in [1.82, 2.24) is 0 Å². The molecule has 4 heteroatoms. The van der Waals surface area contributed by atoms with Crippen molar-refractivity contribution in [3.63, 3.8) is 0 Å². The van der Waals surface area contributed by atoms with Gasteiger partial charge < -0.3 is 10.5 Å². The van der Waals surface area contributed by atoms with Gasteiger partial charge in [-0.2, -0.15) is 0 Å². The van der Waals surface area contributed by atoms with Crippen LogP contribution in [0, 0.1) is 5.82 Å². The molecule has 0 atom stereocenters. The number of rotatable bonds is 3. The summed E-state index contributed by atoms with van der Waals surface area (Å²) in [5.74, 6) is -0.899. The van der Waals surface area contributed by atoms with E-state index in [1.165, 1.54) is 30.4 Å². The van der Waals surface area contributed by atoms with Crippen LogP contribution >= 0.6 is 0 Å². The molecule has 0 saturated carbocycles. The molecule has 0 amide bonds. The third kappa shape index (κ3) is 3.42. The van der Waals surface area contributed by atoms with Crippen LogP contribution in [-0.2, 0) is 9.53 Å². The minimum Gasteiger partial charge on any atom is -0.463 e. The normalized spacial score (nSPS) is 10.5. The zero-order valence-corrected chi connectivity index (χ0v) is 8.37. The molecule has 1 rings (SSSR count). The average molecular weight is 209 g/mol. The first kappa shape index (κ1) is 11.2. The summed E-state index contributed by atoms with van der Waals surface area (Å²) in [5, 5.41) is 0. The second kappa shape index (κ2) is 5.14. The lowest BCUT2D eigenvalue weighted by Crippen LogP contribution is -1.98. The molecule has 0 heterocycles. The van der Waals surface area contributed by atoms with Gasteiger partial charge in [0.25, 0.3) is 0 Å². The lowest BCUT2D eigenvalue weighted by atomic mass is 10.2. The molecule has 0 aliphatic carbocycles. The van der Waals surface area contributed by atoms with Gasteiger partial charge in [-0.1, -0.05) is 6.07 Å². The summed E-state index contributed by atoms with van der Waals surface area (Å²) >= 11 is 0. The number of nitrogens with two attached hydrogens (primary N) is 1. The highest BCUT2D eigenvalue weighted by Gasteiger charge is 1.98. The maximum Gasteiger partial charge on any atom is 0.330 e. The number of hydrogen-bond donors (Lipinski definition) is 1. The van der Waals surface area contributed by atoms with Crippen LogP contribution < -0.4 is 5.73 Å². The van der Waals surface area contributed by atoms with E-state index in [-0.39, 0.29) is 5.69 Å². The van der Waals surface area contributed by atoms with Gasteiger partial charge in [0.05, 0.1) is 12.3 Å². The highest BCUT2D eigenvalue weighted by Crippen LogP contribution is 2.13. The number of esters is 1. The maximum atomic E-state index is 12.8. The predicted octanol–water partition coefficient (Wildman–Crippen LogP) is 1.98. The average Bonchev–Trinajstić information content (AvgIpc) is 2.20. The van der Waals surface area contributed by atoms with Crippen molar-refractivity contribution in [3.8, 4) is 0 Å². The van der Waals surface area contributed by atoms with Crippen LogP contribution in [0.5, 0.6) is 0 Å². The lowest BCUT2D eigenvalue weighted by Gasteiger charge is -1.98. The smallest absolute Gasteiger partial charge is 0.330 e. The predicted molar refractivity (Wildman–Crippen MR) is 56.5 cm³/mol. The highest BCUT2D eigenvalue weighted by molar-refractivity contribution is 5.87. The monoisotopic (exact) mass is 209 g/mol. The summed E-state index contributed by atoms with van der Waals surface area (Å²) in [6.45, 7) is 2.05. The van der Waals surface area contributed by atoms with Gasteiger partial charge in [-0.25, -0.2) is 9.18 Å². The molecule has 2 N–H and O–H groups in total. The molecule has 80 valence electrons. The fourth-order valence-electron chi connectivity index (χ4n) is 1.02. The number of carbonyl (C=O) groups is 1. The molecule has 0 bridgehead atoms. The summed E-state index contributed by atoms with van der Waals surface area (Å²) in [5.41, 5.74) is 6.07. The van der Waals surface area contributed by atoms with Crippen molar-refractivity contribution in [3.05, 3.63) is 35.7 Å². The van der Waals surface area contributed by atoms with Crippen LogP contribution in [0.15, 0.2) is 24.3 Å². The maximum absolute atomic E-state index is 12.8. The quantitative estimate of drug-likeness (QED) is 0.470. The third-order valence-electron chi connectivity index (χ3n) is 1.72. The zero-order valence-electron chi connectivity index (χ0n) is 8.37. The summed E-state index contributed by atoms with van der Waals surface area (Å²) in [6, 6.07) is 4.23. The number of carbonyl (C=O) groups excluding carboxylic acids is 1. The van der Waals surface area contributed by atoms with Gasteiger partial charge in [0, 0.05) is 6.08 Å². The van der Waals surface area contributed by atoms with Crippen molar-refractivity contribution in [2.24, 2.45) is 0 Å². The minimum absolute atomic E-state index is 0.0565. The van der Waals surface area contributed by atoms with E-state index >= 15 is 0 Å². The van der Waals surface area contributed by atoms with Crippen molar-refractivity contribution in [1.29, 1.82) is 0 Å². The number of halogens is 1. The Kier molecular flexibility index (Phi) is 3.85. The molecule has 1 aromatic carbocycles. The van der Waals surface area contributed by atoms with E-state index in [9.17, 15) is 9.18 Å². The van der Waals surface area contributed by atoms with Crippen LogP contribution in [0.2, 0.25) is 0 Å². The molecule has 0 saturated heterocycles. The molecule has 3 nitrogen and oxygen atoms in total. The molecular formula is C11H12FNO2. The van der Waals surface area contributed by atoms with E-state index in [2.05, 4.69) is 4.74 Å². The second-order valence-electron chi connectivity index (χ2n) is 2.87. The van der Waals surface area contributed by atoms with E-state index in [0.29, 0.717) is 12.2 Å². The third-order valence-corrected chi connectivity index (χ3v) is 1.72. The Hall–Kier alpha value is -1.84. The van der Waals surface area contributed by atoms with Gasteiger partial charge in [0.15, 0.2) is 0 Å². The molecule has 0 aliphatic heterocycles. The second-order valence-corrected chi connectivity index (χ2v) is 2.87. The van der Waals surface area contributed by atoms with Gasteiger partial charge >= 0.3 is 5.97 Å². The fourth-order valence-corrected chi connectivity index (χ4v) is 1.02. The van der Waals surface area contributed by atoms with Crippen molar-refractivity contribution < 1.29 is 13.9 Å². The SMILES string of the molecule is CCOC(=O)C=Cc1ccc(F)c(N)c1. The number of ether oxygens (including phenoxy) is 1. The molecule has 0 aromatic heterocycles. The van der Waals surface area contributed by atoms with E-state index < -0.39 is 11.8 Å². The van der Waals surface area contributed by atoms with E-state index in [4.69, 9.17) is 5.73 Å². The van der Waals surface area contributed by atoms with E-state index in [1.807, 2.05) is 0 Å². The van der Waals surface area contributed by atoms with Crippen LogP contribution in [0.4, 0.5) is 10.1 Å². The Bertz CT molecular complexity index is 388. The van der Waals surface area contributed by atoms with Crippen LogP contribution in [0.3, 0.4) is 0 Å². The molecule has 1 aromatic rings. The number of anilines is 1. The Morgan fingerprint density at radius 3 is 2.93 bits per heavy atom. The molecule has 0 radical (unpaired) electrons. The molecular weight excluding hydrogens is 197 g/mol. The van der Waals surface area contributed by atoms with Crippen LogP contribution in [0.25, 0.3) is 6.08 Å². The van der Waals surface area contributed by atoms with Crippen molar-refractivity contribution >= 4 is 17.7 Å². The fraction of sp³-hybridized carbons (Fsp3) is 0.182. The Morgan fingerprint density at radius 1 is 1.60 bits per heavy atom. The van der Waals surface area contributed by atoms with Gasteiger partial charge in [-0.15, -0.1) is 0 Å². The molecule has 0 unspecified atom stereocenters. The summed E-state index contributed by atoms with van der Waals surface area (Å²) < 4.78 is 17.5.